The fourth-order valence-electron chi connectivity index (χ4n) is 3.94. The minimum atomic E-state index is -0.575. The van der Waals surface area contributed by atoms with Crippen LogP contribution in [-0.4, -0.2) is 42.5 Å². The summed E-state index contributed by atoms with van der Waals surface area (Å²) in [6, 6.07) is -0.209. The van der Waals surface area contributed by atoms with Crippen molar-refractivity contribution in [2.24, 2.45) is 14.1 Å². The van der Waals surface area contributed by atoms with E-state index in [-0.39, 0.29) is 17.6 Å². The average Bonchev–Trinajstić information content (AvgIpc) is 3.26. The minimum absolute atomic E-state index is 0.0781. The molecule has 1 amide bonds. The fraction of sp³-hybridized carbons (Fsp3) is 0.636. The molecule has 0 spiro atoms. The third-order valence-electron chi connectivity index (χ3n) is 5.56. The van der Waals surface area contributed by atoms with Gasteiger partial charge < -0.3 is 19.9 Å². The van der Waals surface area contributed by atoms with Crippen LogP contribution in [0.2, 0.25) is 0 Å². The van der Waals surface area contributed by atoms with Crippen LogP contribution in [-0.2, 0) is 25.4 Å². The van der Waals surface area contributed by atoms with Gasteiger partial charge in [-0.1, -0.05) is 11.6 Å². The maximum atomic E-state index is 12.9. The molecule has 1 saturated carbocycles. The first-order valence-corrected chi connectivity index (χ1v) is 10.9. The number of hydrogen-bond acceptors (Lipinski definition) is 6. The van der Waals surface area contributed by atoms with E-state index in [1.54, 1.807) is 11.6 Å². The second kappa shape index (κ2) is 8.84. The Morgan fingerprint density at radius 3 is 2.44 bits per heavy atom. The SMILES string of the molecule is CC(C)=CCn1c(N[C@@H]2CCC[C@H]2NC(=O)OC(C)(C)C)nc2c1c(=O)n(C)c(=O)n2C. The number of nitrogens with zero attached hydrogens (tertiary/aromatic N) is 4. The summed E-state index contributed by atoms with van der Waals surface area (Å²) in [5.41, 5.74) is 0.410. The number of carbonyl (C=O) groups excluding carboxylic acids is 1. The van der Waals surface area contributed by atoms with Gasteiger partial charge in [0.2, 0.25) is 5.95 Å². The Balaban J connectivity index is 1.98. The van der Waals surface area contributed by atoms with Crippen LogP contribution in [0.5, 0.6) is 0 Å². The lowest BCUT2D eigenvalue weighted by Crippen LogP contribution is -2.45. The molecule has 2 aromatic heterocycles. The Hall–Kier alpha value is -3.04. The predicted molar refractivity (Wildman–Crippen MR) is 124 cm³/mol. The summed E-state index contributed by atoms with van der Waals surface area (Å²) in [5.74, 6) is 0.499. The predicted octanol–water partition coefficient (Wildman–Crippen LogP) is 2.26. The molecule has 176 valence electrons. The van der Waals surface area contributed by atoms with Gasteiger partial charge in [0.25, 0.3) is 5.56 Å². The first kappa shape index (κ1) is 23.6. The highest BCUT2D eigenvalue weighted by atomic mass is 16.6. The van der Waals surface area contributed by atoms with E-state index in [2.05, 4.69) is 15.6 Å². The van der Waals surface area contributed by atoms with Crippen molar-refractivity contribution in [3.8, 4) is 0 Å². The second-order valence-electron chi connectivity index (χ2n) is 9.64. The molecule has 10 nitrogen and oxygen atoms in total. The molecule has 10 heteroatoms. The summed E-state index contributed by atoms with van der Waals surface area (Å²) in [7, 11) is 3.07. The van der Waals surface area contributed by atoms with E-state index in [1.165, 1.54) is 11.6 Å². The van der Waals surface area contributed by atoms with Crippen molar-refractivity contribution in [2.75, 3.05) is 5.32 Å². The summed E-state index contributed by atoms with van der Waals surface area (Å²) < 4.78 is 9.68. The number of rotatable bonds is 5. The second-order valence-corrected chi connectivity index (χ2v) is 9.64. The molecule has 0 unspecified atom stereocenters. The summed E-state index contributed by atoms with van der Waals surface area (Å²) in [4.78, 5) is 42.2. The number of allylic oxidation sites excluding steroid dienone is 2. The Labute approximate surface area is 187 Å². The van der Waals surface area contributed by atoms with Crippen LogP contribution in [0.3, 0.4) is 0 Å². The molecule has 1 aliphatic rings. The number of amides is 1. The summed E-state index contributed by atoms with van der Waals surface area (Å²) in [6.07, 6.45) is 4.13. The largest absolute Gasteiger partial charge is 0.444 e. The van der Waals surface area contributed by atoms with Crippen LogP contribution < -0.4 is 21.9 Å². The number of fused-ring (bicyclic) bond motifs is 1. The van der Waals surface area contributed by atoms with Crippen molar-refractivity contribution in [3.63, 3.8) is 0 Å². The van der Waals surface area contributed by atoms with Gasteiger partial charge in [0.1, 0.15) is 5.60 Å². The molecule has 1 fully saturated rings. The summed E-state index contributed by atoms with van der Waals surface area (Å²) >= 11 is 0. The zero-order chi connectivity index (χ0) is 23.8. The minimum Gasteiger partial charge on any atom is -0.444 e. The number of imidazole rings is 1. The third-order valence-corrected chi connectivity index (χ3v) is 5.56. The molecule has 3 rings (SSSR count). The molecule has 32 heavy (non-hydrogen) atoms. The Morgan fingerprint density at radius 1 is 1.16 bits per heavy atom. The summed E-state index contributed by atoms with van der Waals surface area (Å²) in [6.45, 7) is 9.88. The average molecular weight is 447 g/mol. The Bertz CT molecular complexity index is 1160. The van der Waals surface area contributed by atoms with E-state index >= 15 is 0 Å². The van der Waals surface area contributed by atoms with Crippen LogP contribution in [0.25, 0.3) is 11.2 Å². The van der Waals surface area contributed by atoms with Gasteiger partial charge in [0, 0.05) is 26.7 Å². The van der Waals surface area contributed by atoms with Gasteiger partial charge in [-0.05, 0) is 53.9 Å². The quantitative estimate of drug-likeness (QED) is 0.682. The van der Waals surface area contributed by atoms with E-state index in [0.717, 1.165) is 29.4 Å². The van der Waals surface area contributed by atoms with Crippen molar-refractivity contribution in [2.45, 2.75) is 78.1 Å². The number of alkyl carbamates (subject to hydrolysis) is 1. The van der Waals surface area contributed by atoms with Gasteiger partial charge >= 0.3 is 11.8 Å². The van der Waals surface area contributed by atoms with Crippen molar-refractivity contribution in [1.29, 1.82) is 0 Å². The molecule has 2 atom stereocenters. The molecule has 0 aliphatic heterocycles. The fourth-order valence-corrected chi connectivity index (χ4v) is 3.94. The van der Waals surface area contributed by atoms with E-state index < -0.39 is 17.4 Å². The van der Waals surface area contributed by atoms with E-state index in [4.69, 9.17) is 4.74 Å². The normalized spacial score (nSPS) is 18.6. The molecule has 2 aromatic rings. The first-order valence-electron chi connectivity index (χ1n) is 10.9. The van der Waals surface area contributed by atoms with E-state index in [1.807, 2.05) is 40.7 Å². The molecule has 2 N–H and O–H groups in total. The molecular formula is C22H34N6O4. The van der Waals surface area contributed by atoms with Gasteiger partial charge in [-0.15, -0.1) is 0 Å². The lowest BCUT2D eigenvalue weighted by Gasteiger charge is -2.25. The number of aryl methyl sites for hydroxylation is 1. The van der Waals surface area contributed by atoms with Crippen molar-refractivity contribution >= 4 is 23.2 Å². The topological polar surface area (TPSA) is 112 Å². The first-order chi connectivity index (χ1) is 14.9. The highest BCUT2D eigenvalue weighted by Gasteiger charge is 2.32. The van der Waals surface area contributed by atoms with Crippen LogP contribution >= 0.6 is 0 Å². The lowest BCUT2D eigenvalue weighted by atomic mass is 10.2. The van der Waals surface area contributed by atoms with E-state index in [0.29, 0.717) is 23.7 Å². The maximum Gasteiger partial charge on any atom is 0.407 e. The summed E-state index contributed by atoms with van der Waals surface area (Å²) in [5, 5.41) is 6.38. The van der Waals surface area contributed by atoms with Gasteiger partial charge in [-0.3, -0.25) is 13.9 Å². The number of ether oxygens (including phenoxy) is 1. The van der Waals surface area contributed by atoms with E-state index in [9.17, 15) is 14.4 Å². The van der Waals surface area contributed by atoms with Crippen LogP contribution in [0.4, 0.5) is 10.7 Å². The Morgan fingerprint density at radius 2 is 1.81 bits per heavy atom. The maximum absolute atomic E-state index is 12.9. The van der Waals surface area contributed by atoms with Crippen LogP contribution in [0, 0.1) is 0 Å². The molecule has 2 heterocycles. The molecule has 0 radical (unpaired) electrons. The van der Waals surface area contributed by atoms with Crippen LogP contribution in [0.15, 0.2) is 21.2 Å². The highest BCUT2D eigenvalue weighted by Crippen LogP contribution is 2.25. The number of aromatic nitrogens is 4. The molecule has 0 saturated heterocycles. The smallest absolute Gasteiger partial charge is 0.407 e. The lowest BCUT2D eigenvalue weighted by molar-refractivity contribution is 0.0503. The molecular weight excluding hydrogens is 412 g/mol. The number of nitrogens with one attached hydrogen (secondary N) is 2. The highest BCUT2D eigenvalue weighted by molar-refractivity contribution is 5.74. The van der Waals surface area contributed by atoms with Gasteiger partial charge in [0.05, 0.1) is 6.04 Å². The third kappa shape index (κ3) is 4.89. The standard InChI is InChI=1S/C22H34N6O4/c1-13(2)11-12-28-16-17(26(6)21(31)27(7)18(16)29)25-19(28)23-14-9-8-10-15(14)24-20(30)32-22(3,4)5/h11,14-15H,8-10,12H2,1-7H3,(H,23,25)(H,24,30)/t14-,15-/m1/s1. The van der Waals surface area contributed by atoms with Gasteiger partial charge in [-0.25, -0.2) is 9.59 Å². The van der Waals surface area contributed by atoms with Gasteiger partial charge in [-0.2, -0.15) is 4.98 Å². The Kier molecular flexibility index (Phi) is 6.52. The molecule has 0 bridgehead atoms. The van der Waals surface area contributed by atoms with Crippen LogP contribution in [0.1, 0.15) is 53.9 Å². The van der Waals surface area contributed by atoms with Crippen molar-refractivity contribution < 1.29 is 9.53 Å². The molecule has 0 aromatic carbocycles. The number of hydrogen-bond donors (Lipinski definition) is 2. The molecule has 1 aliphatic carbocycles. The monoisotopic (exact) mass is 446 g/mol. The zero-order valence-corrected chi connectivity index (χ0v) is 20.0. The van der Waals surface area contributed by atoms with Crippen molar-refractivity contribution in [3.05, 3.63) is 32.5 Å². The zero-order valence-electron chi connectivity index (χ0n) is 20.0. The van der Waals surface area contributed by atoms with Crippen molar-refractivity contribution in [1.82, 2.24) is 24.0 Å². The number of carbonyl (C=O) groups is 1. The number of anilines is 1. The van der Waals surface area contributed by atoms with Gasteiger partial charge in [0.15, 0.2) is 11.2 Å².